The van der Waals surface area contributed by atoms with Crippen LogP contribution in [-0.4, -0.2) is 60.6 Å². The van der Waals surface area contributed by atoms with E-state index in [1.165, 1.54) is 16.7 Å². The normalized spacial score (nSPS) is 23.7. The minimum atomic E-state index is -1.08. The number of benzene rings is 1. The fraction of sp³-hybridized carbons (Fsp3) is 0.368. The van der Waals surface area contributed by atoms with Crippen molar-refractivity contribution in [1.29, 1.82) is 0 Å². The summed E-state index contributed by atoms with van der Waals surface area (Å²) in [4.78, 5) is 29.6. The van der Waals surface area contributed by atoms with Crippen LogP contribution in [0.3, 0.4) is 0 Å². The van der Waals surface area contributed by atoms with E-state index in [9.17, 15) is 19.8 Å². The molecule has 1 aromatic heterocycles. The van der Waals surface area contributed by atoms with Crippen LogP contribution in [-0.2, 0) is 9.59 Å². The zero-order valence-corrected chi connectivity index (χ0v) is 21.9. The van der Waals surface area contributed by atoms with Gasteiger partial charge in [-0.25, -0.2) is 4.79 Å². The van der Waals surface area contributed by atoms with Crippen molar-refractivity contribution in [3.8, 4) is 11.3 Å². The number of amides is 1. The zero-order valence-electron chi connectivity index (χ0n) is 17.6. The van der Waals surface area contributed by atoms with E-state index in [1.807, 2.05) is 0 Å². The first kappa shape index (κ1) is 27.0. The third kappa shape index (κ3) is 4.18. The number of carboxylic acid groups (broad SMARTS) is 1. The Kier molecular flexibility index (Phi) is 8.04. The van der Waals surface area contributed by atoms with E-state index in [1.54, 1.807) is 39.0 Å². The van der Waals surface area contributed by atoms with Crippen molar-refractivity contribution in [2.24, 2.45) is 4.99 Å². The number of aliphatic imine (C=N–C) groups is 1. The molecule has 9 nitrogen and oxygen atoms in total. The molecule has 0 aliphatic carbocycles. The maximum absolute atomic E-state index is 13.0. The summed E-state index contributed by atoms with van der Waals surface area (Å²) in [7, 11) is 0. The third-order valence-corrected chi connectivity index (χ3v) is 7.37. The molecule has 3 N–H and O–H groups in total. The summed E-state index contributed by atoms with van der Waals surface area (Å²) in [5, 5.41) is 26.5. The molecular formula is C19H18Cl2N3NaO6S. The van der Waals surface area contributed by atoms with Crippen LogP contribution in [0.25, 0.3) is 11.3 Å². The second-order valence-electron chi connectivity index (χ2n) is 7.54. The van der Waals surface area contributed by atoms with Crippen molar-refractivity contribution in [2.45, 2.75) is 43.0 Å². The average molecular weight is 510 g/mol. The van der Waals surface area contributed by atoms with Gasteiger partial charge in [-0.2, -0.15) is 0 Å². The number of aliphatic carboxylic acids is 1. The van der Waals surface area contributed by atoms with Gasteiger partial charge in [0.05, 0.1) is 15.6 Å². The van der Waals surface area contributed by atoms with Gasteiger partial charge in [0.25, 0.3) is 5.91 Å². The maximum atomic E-state index is 13.0. The Bertz CT molecular complexity index is 1090. The number of carbonyl (C=O) groups excluding carboxylic acids is 1. The van der Waals surface area contributed by atoms with E-state index >= 15 is 0 Å². The third-order valence-electron chi connectivity index (χ3n) is 5.18. The number of halogens is 2. The Balaban J connectivity index is 0.00000181. The predicted octanol–water partition coefficient (Wildman–Crippen LogP) is -1.24. The molecule has 1 aromatic carbocycles. The van der Waals surface area contributed by atoms with Gasteiger partial charge in [0.2, 0.25) is 0 Å². The van der Waals surface area contributed by atoms with Gasteiger partial charge in [-0.3, -0.25) is 9.79 Å². The van der Waals surface area contributed by atoms with Crippen molar-refractivity contribution in [1.82, 2.24) is 10.1 Å². The number of aromatic nitrogens is 1. The molecule has 32 heavy (non-hydrogen) atoms. The first-order valence-electron chi connectivity index (χ1n) is 8.93. The summed E-state index contributed by atoms with van der Waals surface area (Å²) < 4.78 is 4.48. The Morgan fingerprint density at radius 3 is 2.50 bits per heavy atom. The minimum absolute atomic E-state index is 0. The van der Waals surface area contributed by atoms with Crippen molar-refractivity contribution < 1.29 is 59.4 Å². The largest absolute Gasteiger partial charge is 1.00 e. The first-order valence-corrected chi connectivity index (χ1v) is 10.6. The molecule has 2 aliphatic rings. The van der Waals surface area contributed by atoms with Gasteiger partial charge >= 0.3 is 35.5 Å². The number of fused-ring (bicyclic) bond motifs is 1. The molecule has 2 aliphatic heterocycles. The first-order chi connectivity index (χ1) is 14.0. The van der Waals surface area contributed by atoms with Crippen LogP contribution in [0.2, 0.25) is 10.0 Å². The Morgan fingerprint density at radius 2 is 1.94 bits per heavy atom. The number of aryl methyl sites for hydroxylation is 1. The van der Waals surface area contributed by atoms with Gasteiger partial charge in [0.15, 0.2) is 6.04 Å². The van der Waals surface area contributed by atoms with Gasteiger partial charge in [-0.05, 0) is 38.8 Å². The molecule has 2 aromatic rings. The van der Waals surface area contributed by atoms with E-state index in [2.05, 4.69) is 10.1 Å². The van der Waals surface area contributed by atoms with E-state index in [4.69, 9.17) is 27.7 Å². The molecule has 0 bridgehead atoms. The standard InChI is InChI=1S/C19H17Cl2N3O5S.Na.H2O/c1-7-10(12(23-29-7)11-8(20)5-4-6-9(11)21)15(25)22-13-16(26)24-14(18(27)28)19(2,3)30-17(13)24;;/h4-6,13-14,17H,1-3H3,(H,22,25)(H,27,28);;1H2/q;+1;/p-1/t13-,14+,17-;;/m1../s1. The molecule has 13 heteroatoms. The van der Waals surface area contributed by atoms with E-state index in [0.717, 1.165) is 0 Å². The zero-order chi connectivity index (χ0) is 22.0. The Morgan fingerprint density at radius 1 is 1.34 bits per heavy atom. The van der Waals surface area contributed by atoms with Gasteiger partial charge < -0.3 is 25.1 Å². The number of β-lactam (4-membered cyclic amide) rings is 1. The van der Waals surface area contributed by atoms with Crippen LogP contribution >= 0.6 is 35.0 Å². The molecule has 1 amide bonds. The maximum Gasteiger partial charge on any atom is 1.00 e. The van der Waals surface area contributed by atoms with Crippen LogP contribution in [0, 0.1) is 6.92 Å². The van der Waals surface area contributed by atoms with Crippen LogP contribution in [0.4, 0.5) is 0 Å². The molecule has 2 fully saturated rings. The SMILES string of the molecule is Cc1onc(-c2c(Cl)cccc2Cl)c1C([O-])=N[C@@H]1C(=O)N2[C@@H]1SC(C)(C)[C@@H]2C(=O)O.O.[Na+]. The van der Waals surface area contributed by atoms with Crippen molar-refractivity contribution in [2.75, 3.05) is 0 Å². The molecule has 3 atom stereocenters. The van der Waals surface area contributed by atoms with E-state index < -0.39 is 40.0 Å². The summed E-state index contributed by atoms with van der Waals surface area (Å²) >= 11 is 13.8. The molecule has 3 heterocycles. The summed E-state index contributed by atoms with van der Waals surface area (Å²) in [6, 6.07) is 2.92. The van der Waals surface area contributed by atoms with Crippen molar-refractivity contribution in [3.63, 3.8) is 0 Å². The van der Waals surface area contributed by atoms with Gasteiger partial charge in [-0.1, -0.05) is 34.4 Å². The monoisotopic (exact) mass is 509 g/mol. The quantitative estimate of drug-likeness (QED) is 0.234. The fourth-order valence-electron chi connectivity index (χ4n) is 3.82. The summed E-state index contributed by atoms with van der Waals surface area (Å²) in [5.74, 6) is -2.07. The number of carboxylic acids is 1. The number of hydrogen-bond donors (Lipinski definition) is 1. The van der Waals surface area contributed by atoms with Crippen LogP contribution in [0.1, 0.15) is 25.2 Å². The number of nitrogens with zero attached hydrogens (tertiary/aromatic N) is 3. The molecule has 0 spiro atoms. The second kappa shape index (κ2) is 9.54. The summed E-state index contributed by atoms with van der Waals surface area (Å²) in [6.45, 7) is 5.05. The number of hydrogen-bond acceptors (Lipinski definition) is 7. The van der Waals surface area contributed by atoms with Crippen LogP contribution in [0.15, 0.2) is 27.7 Å². The number of carbonyl (C=O) groups is 2. The van der Waals surface area contributed by atoms with Gasteiger partial charge in [0.1, 0.15) is 22.9 Å². The fourth-order valence-corrected chi connectivity index (χ4v) is 6.01. The van der Waals surface area contributed by atoms with E-state index in [-0.39, 0.29) is 62.1 Å². The summed E-state index contributed by atoms with van der Waals surface area (Å²) in [6.07, 6.45) is 0. The van der Waals surface area contributed by atoms with Crippen LogP contribution < -0.4 is 34.7 Å². The molecular weight excluding hydrogens is 492 g/mol. The average Bonchev–Trinajstić information content (AvgIpc) is 3.14. The van der Waals surface area contributed by atoms with Crippen molar-refractivity contribution >= 4 is 52.7 Å². The number of thioether (sulfide) groups is 1. The minimum Gasteiger partial charge on any atom is -0.858 e. The van der Waals surface area contributed by atoms with Crippen LogP contribution in [0.5, 0.6) is 0 Å². The number of rotatable bonds is 4. The Labute approximate surface area is 219 Å². The van der Waals surface area contributed by atoms with E-state index in [0.29, 0.717) is 5.56 Å². The molecule has 0 saturated carbocycles. The van der Waals surface area contributed by atoms with Crippen molar-refractivity contribution in [3.05, 3.63) is 39.6 Å². The predicted molar refractivity (Wildman–Crippen MR) is 114 cm³/mol. The molecule has 4 rings (SSSR count). The molecule has 2 saturated heterocycles. The molecule has 0 unspecified atom stereocenters. The molecule has 166 valence electrons. The van der Waals surface area contributed by atoms with Gasteiger partial charge in [-0.15, -0.1) is 11.8 Å². The smallest absolute Gasteiger partial charge is 0.858 e. The Hall–Kier alpha value is -1.27. The molecule has 0 radical (unpaired) electrons. The van der Waals surface area contributed by atoms with Gasteiger partial charge in [0, 0.05) is 10.3 Å². The second-order valence-corrected chi connectivity index (χ2v) is 10.1. The summed E-state index contributed by atoms with van der Waals surface area (Å²) in [5.41, 5.74) is 0.539. The topological polar surface area (TPSA) is 151 Å².